The van der Waals surface area contributed by atoms with E-state index in [0.29, 0.717) is 5.56 Å². The van der Waals surface area contributed by atoms with E-state index in [2.05, 4.69) is 9.73 Å². The van der Waals surface area contributed by atoms with Gasteiger partial charge in [-0.25, -0.2) is 0 Å². The van der Waals surface area contributed by atoms with E-state index in [9.17, 15) is 18.3 Å². The first-order chi connectivity index (χ1) is 12.4. The Morgan fingerprint density at radius 2 is 2.00 bits per heavy atom. The van der Waals surface area contributed by atoms with Crippen LogP contribution in [0.5, 0.6) is 5.75 Å². The van der Waals surface area contributed by atoms with Crippen molar-refractivity contribution >= 4 is 23.2 Å². The highest BCUT2D eigenvalue weighted by atomic mass is 32.1. The molecule has 0 radical (unpaired) electrons. The van der Waals surface area contributed by atoms with E-state index in [1.54, 1.807) is 35.8 Å². The van der Waals surface area contributed by atoms with Crippen LogP contribution in [0, 0.1) is 0 Å². The molecular formula is C18H17F3N2O2S. The zero-order valence-electron chi connectivity index (χ0n) is 13.8. The molecule has 1 aliphatic rings. The third kappa shape index (κ3) is 4.08. The lowest BCUT2D eigenvalue weighted by atomic mass is 10.0. The molecule has 0 fully saturated rings. The maximum atomic E-state index is 12.3. The van der Waals surface area contributed by atoms with Gasteiger partial charge in [-0.15, -0.1) is 13.2 Å². The van der Waals surface area contributed by atoms with Crippen LogP contribution in [-0.4, -0.2) is 35.2 Å². The first kappa shape index (κ1) is 18.5. The molecule has 0 spiro atoms. The van der Waals surface area contributed by atoms with Crippen LogP contribution in [0.4, 0.5) is 13.2 Å². The van der Waals surface area contributed by atoms with Gasteiger partial charge in [0.1, 0.15) is 11.9 Å². The van der Waals surface area contributed by atoms with E-state index in [1.165, 1.54) is 12.1 Å². The number of allylic oxidation sites excluding steroid dienone is 1. The normalized spacial score (nSPS) is 18.6. The highest BCUT2D eigenvalue weighted by molar-refractivity contribution is 7.08. The second-order valence-electron chi connectivity index (χ2n) is 5.79. The predicted octanol–water partition coefficient (Wildman–Crippen LogP) is 4.45. The smallest absolute Gasteiger partial charge is 0.406 e. The summed E-state index contributed by atoms with van der Waals surface area (Å²) < 4.78 is 40.9. The van der Waals surface area contributed by atoms with Gasteiger partial charge in [0.25, 0.3) is 0 Å². The molecule has 4 nitrogen and oxygen atoms in total. The van der Waals surface area contributed by atoms with Crippen molar-refractivity contribution in [2.45, 2.75) is 25.5 Å². The molecule has 26 heavy (non-hydrogen) atoms. The van der Waals surface area contributed by atoms with E-state index < -0.39 is 6.36 Å². The third-order valence-electron chi connectivity index (χ3n) is 3.97. The second-order valence-corrected chi connectivity index (χ2v) is 6.57. The second kappa shape index (κ2) is 7.51. The number of aliphatic imine (C=N–C) groups is 1. The summed E-state index contributed by atoms with van der Waals surface area (Å²) in [4.78, 5) is 6.47. The molecule has 0 saturated carbocycles. The number of hydrogen-bond acceptors (Lipinski definition) is 5. The molecule has 8 heteroatoms. The Bertz CT molecular complexity index is 786. The van der Waals surface area contributed by atoms with Crippen LogP contribution >= 0.6 is 11.3 Å². The molecule has 2 heterocycles. The van der Waals surface area contributed by atoms with E-state index >= 15 is 0 Å². The van der Waals surface area contributed by atoms with Gasteiger partial charge in [-0.05, 0) is 59.7 Å². The molecular weight excluding hydrogens is 365 g/mol. The minimum atomic E-state index is -4.72. The van der Waals surface area contributed by atoms with E-state index in [1.807, 2.05) is 28.7 Å². The van der Waals surface area contributed by atoms with Gasteiger partial charge in [0.15, 0.2) is 0 Å². The average Bonchev–Trinajstić information content (AvgIpc) is 3.14. The number of alkyl halides is 3. The summed E-state index contributed by atoms with van der Waals surface area (Å²) >= 11 is 1.55. The van der Waals surface area contributed by atoms with Gasteiger partial charge in [0, 0.05) is 17.5 Å². The first-order valence-corrected chi connectivity index (χ1v) is 8.84. The molecule has 0 aliphatic carbocycles. The highest BCUT2D eigenvalue weighted by Gasteiger charge is 2.32. The number of rotatable bonds is 5. The van der Waals surface area contributed by atoms with Crippen LogP contribution in [0.15, 0.2) is 52.2 Å². The van der Waals surface area contributed by atoms with Crippen molar-refractivity contribution in [1.82, 2.24) is 4.90 Å². The Balaban J connectivity index is 1.91. The molecule has 1 aromatic carbocycles. The predicted molar refractivity (Wildman–Crippen MR) is 95.0 cm³/mol. The van der Waals surface area contributed by atoms with Crippen molar-refractivity contribution in [1.29, 1.82) is 0 Å². The molecule has 1 N–H and O–H groups in total. The summed E-state index contributed by atoms with van der Waals surface area (Å²) in [7, 11) is 0. The van der Waals surface area contributed by atoms with Crippen LogP contribution < -0.4 is 4.74 Å². The fourth-order valence-corrected chi connectivity index (χ4v) is 3.46. The van der Waals surface area contributed by atoms with Gasteiger partial charge in [0.2, 0.25) is 0 Å². The van der Waals surface area contributed by atoms with Crippen LogP contribution in [0.25, 0.3) is 5.70 Å². The van der Waals surface area contributed by atoms with Crippen LogP contribution in [0.3, 0.4) is 0 Å². The standard InChI is InChI=1S/C18H17F3N2O2S/c1-12(10-24)23-16(6-8-22-17(23)14-7-9-26-11-14)13-2-4-15(5-3-13)25-18(19,20)21/h2-9,11-12,17,24H,10H2,1H3/t12-,17?/m0/s1. The fourth-order valence-electron chi connectivity index (χ4n) is 2.79. The molecule has 2 atom stereocenters. The number of thiophene rings is 1. The molecule has 138 valence electrons. The van der Waals surface area contributed by atoms with E-state index in [4.69, 9.17) is 0 Å². The maximum Gasteiger partial charge on any atom is 0.573 e. The summed E-state index contributed by atoms with van der Waals surface area (Å²) in [6.07, 6.45) is -1.55. The molecule has 0 bridgehead atoms. The van der Waals surface area contributed by atoms with Crippen molar-refractivity contribution in [3.05, 3.63) is 58.3 Å². The Labute approximate surface area is 152 Å². The molecule has 3 rings (SSSR count). The zero-order valence-corrected chi connectivity index (χ0v) is 14.7. The quantitative estimate of drug-likeness (QED) is 0.831. The number of halogens is 3. The average molecular weight is 382 g/mol. The van der Waals surface area contributed by atoms with Gasteiger partial charge >= 0.3 is 6.36 Å². The topological polar surface area (TPSA) is 45.1 Å². The van der Waals surface area contributed by atoms with Gasteiger partial charge < -0.3 is 14.7 Å². The number of aliphatic hydroxyl groups is 1. The Kier molecular flexibility index (Phi) is 5.33. The SMILES string of the molecule is C[C@@H](CO)N1C(c2ccc(OC(F)(F)F)cc2)=CC=NC1c1ccsc1. The Morgan fingerprint density at radius 3 is 2.58 bits per heavy atom. The lowest BCUT2D eigenvalue weighted by molar-refractivity contribution is -0.274. The fraction of sp³-hybridized carbons (Fsp3) is 0.278. The summed E-state index contributed by atoms with van der Waals surface area (Å²) in [6, 6.07) is 7.41. The van der Waals surface area contributed by atoms with Gasteiger partial charge in [-0.3, -0.25) is 4.99 Å². The molecule has 1 aliphatic heterocycles. The van der Waals surface area contributed by atoms with Crippen molar-refractivity contribution in [3.8, 4) is 5.75 Å². The lowest BCUT2D eigenvalue weighted by Gasteiger charge is -2.39. The maximum absolute atomic E-state index is 12.3. The minimum absolute atomic E-state index is 0.0806. The monoisotopic (exact) mass is 382 g/mol. The van der Waals surface area contributed by atoms with E-state index in [-0.39, 0.29) is 24.6 Å². The number of nitrogens with zero attached hydrogens (tertiary/aromatic N) is 2. The molecule has 0 amide bonds. The van der Waals surface area contributed by atoms with Crippen molar-refractivity contribution in [2.75, 3.05) is 6.61 Å². The number of ether oxygens (including phenoxy) is 1. The van der Waals surface area contributed by atoms with Gasteiger partial charge in [-0.2, -0.15) is 11.3 Å². The number of benzene rings is 1. The Hall–Kier alpha value is -2.32. The molecule has 0 saturated heterocycles. The van der Waals surface area contributed by atoms with Crippen molar-refractivity contribution in [3.63, 3.8) is 0 Å². The Morgan fingerprint density at radius 1 is 1.27 bits per heavy atom. The van der Waals surface area contributed by atoms with Crippen LogP contribution in [0.1, 0.15) is 24.2 Å². The highest BCUT2D eigenvalue weighted by Crippen LogP contribution is 2.36. The molecule has 1 unspecified atom stereocenters. The van der Waals surface area contributed by atoms with Gasteiger partial charge in [0.05, 0.1) is 12.6 Å². The largest absolute Gasteiger partial charge is 0.573 e. The number of hydrogen-bond donors (Lipinski definition) is 1. The van der Waals surface area contributed by atoms with Crippen LogP contribution in [0.2, 0.25) is 0 Å². The number of aliphatic hydroxyl groups excluding tert-OH is 1. The zero-order chi connectivity index (χ0) is 18.7. The van der Waals surface area contributed by atoms with Crippen molar-refractivity contribution < 1.29 is 23.0 Å². The minimum Gasteiger partial charge on any atom is -0.406 e. The summed E-state index contributed by atoms with van der Waals surface area (Å²) in [5.74, 6) is -0.275. The molecule has 2 aromatic rings. The summed E-state index contributed by atoms with van der Waals surface area (Å²) in [5.41, 5.74) is 2.48. The van der Waals surface area contributed by atoms with Crippen LogP contribution in [-0.2, 0) is 0 Å². The third-order valence-corrected chi connectivity index (χ3v) is 4.67. The summed E-state index contributed by atoms with van der Waals surface area (Å²) in [6.45, 7) is 1.79. The molecule has 1 aromatic heterocycles. The lowest BCUT2D eigenvalue weighted by Crippen LogP contribution is -2.38. The van der Waals surface area contributed by atoms with Gasteiger partial charge in [-0.1, -0.05) is 0 Å². The first-order valence-electron chi connectivity index (χ1n) is 7.90. The van der Waals surface area contributed by atoms with Crippen molar-refractivity contribution in [2.24, 2.45) is 4.99 Å². The summed E-state index contributed by atoms with van der Waals surface area (Å²) in [5, 5.41) is 13.6. The van der Waals surface area contributed by atoms with E-state index in [0.717, 1.165) is 11.3 Å².